The number of esters is 1. The number of benzene rings is 1. The van der Waals surface area contributed by atoms with E-state index in [4.69, 9.17) is 9.47 Å². The number of aliphatic hydroxyl groups excluding tert-OH is 1. The molecule has 1 saturated heterocycles. The van der Waals surface area contributed by atoms with Gasteiger partial charge in [0.15, 0.2) is 0 Å². The second-order valence-electron chi connectivity index (χ2n) is 8.53. The summed E-state index contributed by atoms with van der Waals surface area (Å²) in [6, 6.07) is 11.1. The lowest BCUT2D eigenvalue weighted by molar-refractivity contribution is -0.0231. The van der Waals surface area contributed by atoms with Crippen LogP contribution in [0.1, 0.15) is 40.0 Å². The number of aryl methyl sites for hydroxylation is 2. The van der Waals surface area contributed by atoms with E-state index in [2.05, 4.69) is 16.0 Å². The average Bonchev–Trinajstić information content (AvgIpc) is 3.15. The number of anilines is 1. The summed E-state index contributed by atoms with van der Waals surface area (Å²) >= 11 is 0. The number of hydrogen-bond donors (Lipinski definition) is 1. The van der Waals surface area contributed by atoms with Crippen LogP contribution in [0.4, 0.5) is 5.82 Å². The van der Waals surface area contributed by atoms with Crippen molar-refractivity contribution in [3.63, 3.8) is 0 Å². The quantitative estimate of drug-likeness (QED) is 0.758. The SMILES string of the molecule is COC(=O)c1cccc(O[C@@H]2C[C@@H]3CN(c4nc(C)cc(C)c4C#N)C[C@@H]3C[C@H]2O)c1. The molecule has 1 aromatic carbocycles. The maximum atomic E-state index is 11.8. The second-order valence-corrected chi connectivity index (χ2v) is 8.53. The lowest BCUT2D eigenvalue weighted by Crippen LogP contribution is -2.42. The minimum atomic E-state index is -0.592. The second kappa shape index (κ2) is 8.56. The number of ether oxygens (including phenoxy) is 2. The number of hydrogen-bond acceptors (Lipinski definition) is 7. The predicted octanol–water partition coefficient (Wildman–Crippen LogP) is 3.01. The van der Waals surface area contributed by atoms with Crippen molar-refractivity contribution in [3.8, 4) is 11.8 Å². The third kappa shape index (κ3) is 4.21. The van der Waals surface area contributed by atoms with Crippen molar-refractivity contribution in [3.05, 3.63) is 52.7 Å². The van der Waals surface area contributed by atoms with E-state index in [-0.39, 0.29) is 6.10 Å². The molecule has 1 aromatic heterocycles. The molecule has 7 nitrogen and oxygen atoms in total. The fourth-order valence-corrected chi connectivity index (χ4v) is 4.86. The van der Waals surface area contributed by atoms with Crippen LogP contribution in [0.25, 0.3) is 0 Å². The predicted molar refractivity (Wildman–Crippen MR) is 115 cm³/mol. The number of methoxy groups -OCH3 is 1. The third-order valence-electron chi connectivity index (χ3n) is 6.36. The number of carbonyl (C=O) groups is 1. The number of pyridine rings is 1. The van der Waals surface area contributed by atoms with Gasteiger partial charge in [-0.25, -0.2) is 9.78 Å². The Morgan fingerprint density at radius 3 is 2.68 bits per heavy atom. The van der Waals surface area contributed by atoms with Crippen LogP contribution in [0.15, 0.2) is 30.3 Å². The van der Waals surface area contributed by atoms with Gasteiger partial charge < -0.3 is 19.5 Å². The zero-order valence-electron chi connectivity index (χ0n) is 18.0. The van der Waals surface area contributed by atoms with Crippen molar-refractivity contribution >= 4 is 11.8 Å². The molecule has 0 spiro atoms. The molecule has 4 atom stereocenters. The van der Waals surface area contributed by atoms with Gasteiger partial charge in [-0.05, 0) is 68.4 Å². The summed E-state index contributed by atoms with van der Waals surface area (Å²) in [6.45, 7) is 5.44. The van der Waals surface area contributed by atoms with Gasteiger partial charge in [0.25, 0.3) is 0 Å². The summed E-state index contributed by atoms with van der Waals surface area (Å²) in [7, 11) is 1.34. The van der Waals surface area contributed by atoms with Crippen LogP contribution < -0.4 is 9.64 Å². The Morgan fingerprint density at radius 1 is 1.23 bits per heavy atom. The Balaban J connectivity index is 1.49. The molecule has 162 valence electrons. The van der Waals surface area contributed by atoms with Gasteiger partial charge >= 0.3 is 5.97 Å². The largest absolute Gasteiger partial charge is 0.488 e. The number of fused-ring (bicyclic) bond motifs is 1. The molecule has 0 amide bonds. The molecule has 2 aliphatic rings. The van der Waals surface area contributed by atoms with Gasteiger partial charge in [0.1, 0.15) is 23.7 Å². The number of rotatable bonds is 4. The Labute approximate surface area is 182 Å². The minimum Gasteiger partial charge on any atom is -0.488 e. The van der Waals surface area contributed by atoms with Crippen LogP contribution in [0.2, 0.25) is 0 Å². The van der Waals surface area contributed by atoms with Gasteiger partial charge in [0.05, 0.1) is 24.3 Å². The van der Waals surface area contributed by atoms with Crippen LogP contribution >= 0.6 is 0 Å². The monoisotopic (exact) mass is 421 g/mol. The molecule has 1 aliphatic heterocycles. The van der Waals surface area contributed by atoms with E-state index in [1.165, 1.54) is 7.11 Å². The van der Waals surface area contributed by atoms with Crippen molar-refractivity contribution < 1.29 is 19.4 Å². The molecule has 2 aromatic rings. The highest BCUT2D eigenvalue weighted by molar-refractivity contribution is 5.89. The first-order valence-corrected chi connectivity index (χ1v) is 10.6. The number of nitrogens with zero attached hydrogens (tertiary/aromatic N) is 3. The van der Waals surface area contributed by atoms with E-state index in [1.807, 2.05) is 19.9 Å². The van der Waals surface area contributed by atoms with Crippen LogP contribution in [-0.2, 0) is 4.74 Å². The number of carbonyl (C=O) groups excluding carboxylic acids is 1. The Bertz CT molecular complexity index is 1030. The molecule has 1 N–H and O–H groups in total. The van der Waals surface area contributed by atoms with E-state index in [0.717, 1.165) is 30.2 Å². The van der Waals surface area contributed by atoms with Crippen molar-refractivity contribution in [1.29, 1.82) is 5.26 Å². The molecular formula is C24H27N3O4. The standard InChI is InChI=1S/C24H27N3O4/c1-14-7-15(2)26-23(20(14)11-25)27-12-17-9-21(28)22(10-18(17)13-27)31-19-6-4-5-16(8-19)24(29)30-3/h4-8,17-18,21-22,28H,9-10,12-13H2,1-3H3/t17-,18+,21+,22+/m0/s1. The molecule has 2 heterocycles. The Morgan fingerprint density at radius 2 is 1.97 bits per heavy atom. The summed E-state index contributed by atoms with van der Waals surface area (Å²) in [6.07, 6.45) is 0.398. The summed E-state index contributed by atoms with van der Waals surface area (Å²) in [5.41, 5.74) is 2.87. The first-order valence-electron chi connectivity index (χ1n) is 10.6. The fraction of sp³-hybridized carbons (Fsp3) is 0.458. The maximum absolute atomic E-state index is 11.8. The zero-order valence-corrected chi connectivity index (χ0v) is 18.0. The molecule has 0 bridgehead atoms. The Hall–Kier alpha value is -3.11. The molecule has 0 unspecified atom stereocenters. The molecule has 31 heavy (non-hydrogen) atoms. The van der Waals surface area contributed by atoms with E-state index >= 15 is 0 Å². The van der Waals surface area contributed by atoms with E-state index in [9.17, 15) is 15.2 Å². The van der Waals surface area contributed by atoms with Crippen molar-refractivity contribution in [2.45, 2.75) is 38.9 Å². The number of aliphatic hydroxyl groups is 1. The van der Waals surface area contributed by atoms with Crippen molar-refractivity contribution in [2.75, 3.05) is 25.1 Å². The molecule has 7 heteroatoms. The van der Waals surface area contributed by atoms with Gasteiger partial charge in [-0.1, -0.05) is 6.07 Å². The zero-order chi connectivity index (χ0) is 22.1. The number of aromatic nitrogens is 1. The third-order valence-corrected chi connectivity index (χ3v) is 6.36. The van der Waals surface area contributed by atoms with Crippen LogP contribution in [0.3, 0.4) is 0 Å². The Kier molecular flexibility index (Phi) is 5.84. The van der Waals surface area contributed by atoms with E-state index in [0.29, 0.717) is 41.6 Å². The molecule has 4 rings (SSSR count). The molecule has 2 fully saturated rings. The molecular weight excluding hydrogens is 394 g/mol. The minimum absolute atomic E-state index is 0.324. The van der Waals surface area contributed by atoms with Gasteiger partial charge in [-0.15, -0.1) is 0 Å². The molecule has 1 saturated carbocycles. The smallest absolute Gasteiger partial charge is 0.337 e. The van der Waals surface area contributed by atoms with Gasteiger partial charge in [0.2, 0.25) is 0 Å². The lowest BCUT2D eigenvalue weighted by atomic mass is 9.78. The summed E-state index contributed by atoms with van der Waals surface area (Å²) in [5, 5.41) is 20.4. The first kappa shape index (κ1) is 21.1. The maximum Gasteiger partial charge on any atom is 0.337 e. The number of nitriles is 1. The normalized spacial score (nSPS) is 24.9. The van der Waals surface area contributed by atoms with Crippen LogP contribution in [0.5, 0.6) is 5.75 Å². The highest BCUT2D eigenvalue weighted by Crippen LogP contribution is 2.40. The highest BCUT2D eigenvalue weighted by atomic mass is 16.5. The van der Waals surface area contributed by atoms with E-state index < -0.39 is 12.1 Å². The topological polar surface area (TPSA) is 95.7 Å². The van der Waals surface area contributed by atoms with Gasteiger partial charge in [-0.3, -0.25) is 0 Å². The van der Waals surface area contributed by atoms with Crippen molar-refractivity contribution in [1.82, 2.24) is 4.98 Å². The van der Waals surface area contributed by atoms with Gasteiger partial charge in [0, 0.05) is 18.8 Å². The van der Waals surface area contributed by atoms with Gasteiger partial charge in [-0.2, -0.15) is 5.26 Å². The van der Waals surface area contributed by atoms with E-state index in [1.54, 1.807) is 24.3 Å². The van der Waals surface area contributed by atoms with Crippen molar-refractivity contribution in [2.24, 2.45) is 11.8 Å². The highest BCUT2D eigenvalue weighted by Gasteiger charge is 2.43. The summed E-state index contributed by atoms with van der Waals surface area (Å²) in [5.74, 6) is 1.53. The van der Waals surface area contributed by atoms with Crippen LogP contribution in [0, 0.1) is 37.0 Å². The molecule has 1 aliphatic carbocycles. The van der Waals surface area contributed by atoms with Crippen LogP contribution in [-0.4, -0.2) is 48.5 Å². The molecule has 0 radical (unpaired) electrons. The summed E-state index contributed by atoms with van der Waals surface area (Å²) in [4.78, 5) is 18.6. The first-order chi connectivity index (χ1) is 14.9. The summed E-state index contributed by atoms with van der Waals surface area (Å²) < 4.78 is 10.9. The fourth-order valence-electron chi connectivity index (χ4n) is 4.86. The lowest BCUT2D eigenvalue weighted by Gasteiger charge is -2.35. The average molecular weight is 421 g/mol.